The van der Waals surface area contributed by atoms with E-state index in [2.05, 4.69) is 15.2 Å². The first kappa shape index (κ1) is 20.1. The second kappa shape index (κ2) is 8.56. The molecule has 0 bridgehead atoms. The van der Waals surface area contributed by atoms with Crippen molar-refractivity contribution in [3.63, 3.8) is 0 Å². The van der Waals surface area contributed by atoms with Gasteiger partial charge in [0.1, 0.15) is 11.5 Å². The molecule has 2 aromatic heterocycles. The number of nitrogens with zero attached hydrogens (tertiary/aromatic N) is 4. The fraction of sp³-hybridized carbons (Fsp3) is 0.333. The van der Waals surface area contributed by atoms with Gasteiger partial charge in [0.2, 0.25) is 0 Å². The fourth-order valence-electron chi connectivity index (χ4n) is 2.49. The Morgan fingerprint density at radius 1 is 1.07 bits per heavy atom. The number of hydrogen-bond donors (Lipinski definition) is 0. The third kappa shape index (κ3) is 4.59. The van der Waals surface area contributed by atoms with Crippen molar-refractivity contribution in [3.05, 3.63) is 48.8 Å². The van der Waals surface area contributed by atoms with E-state index in [9.17, 15) is 4.79 Å². The predicted octanol–water partition coefficient (Wildman–Crippen LogP) is 4.44. The number of carbonyl (C=O) groups excluding carboxylic acids is 1. The Hall–Kier alpha value is -2.67. The molecule has 0 radical (unpaired) electrons. The summed E-state index contributed by atoms with van der Waals surface area (Å²) in [5.74, 6) is 2.03. The van der Waals surface area contributed by atoms with E-state index in [1.54, 1.807) is 12.4 Å². The molecule has 7 heteroatoms. The summed E-state index contributed by atoms with van der Waals surface area (Å²) >= 11 is 1.40. The highest BCUT2D eigenvalue weighted by atomic mass is 32.2. The maximum absolute atomic E-state index is 12.4. The van der Waals surface area contributed by atoms with E-state index in [0.29, 0.717) is 23.3 Å². The normalized spacial score (nSPS) is 11.4. The van der Waals surface area contributed by atoms with Gasteiger partial charge in [-0.05, 0) is 43.3 Å². The van der Waals surface area contributed by atoms with Crippen molar-refractivity contribution < 1.29 is 9.53 Å². The SMILES string of the molecule is CCOc1ccc(-n2c(SCC(=O)C(C)(C)C)nnc2-c2ccncc2)cc1. The molecule has 146 valence electrons. The van der Waals surface area contributed by atoms with Gasteiger partial charge in [0.05, 0.1) is 12.4 Å². The molecule has 0 aliphatic carbocycles. The average molecular weight is 397 g/mol. The van der Waals surface area contributed by atoms with E-state index in [-0.39, 0.29) is 11.2 Å². The summed E-state index contributed by atoms with van der Waals surface area (Å²) in [5.41, 5.74) is 1.43. The average Bonchev–Trinajstić information content (AvgIpc) is 3.11. The van der Waals surface area contributed by atoms with Crippen LogP contribution < -0.4 is 4.74 Å². The van der Waals surface area contributed by atoms with Gasteiger partial charge in [0.15, 0.2) is 11.0 Å². The zero-order chi connectivity index (χ0) is 20.1. The number of Topliss-reactive ketones (excluding diaryl/α,β-unsaturated/α-hetero) is 1. The minimum Gasteiger partial charge on any atom is -0.494 e. The molecule has 0 fully saturated rings. The molecule has 0 unspecified atom stereocenters. The number of carbonyl (C=O) groups is 1. The Balaban J connectivity index is 1.98. The minimum absolute atomic E-state index is 0.171. The summed E-state index contributed by atoms with van der Waals surface area (Å²) in [5, 5.41) is 9.41. The second-order valence-corrected chi connectivity index (χ2v) is 8.21. The van der Waals surface area contributed by atoms with Crippen molar-refractivity contribution >= 4 is 17.5 Å². The van der Waals surface area contributed by atoms with Gasteiger partial charge in [-0.25, -0.2) is 0 Å². The van der Waals surface area contributed by atoms with Gasteiger partial charge < -0.3 is 4.74 Å². The van der Waals surface area contributed by atoms with Gasteiger partial charge in [-0.15, -0.1) is 10.2 Å². The zero-order valence-corrected chi connectivity index (χ0v) is 17.4. The van der Waals surface area contributed by atoms with Crippen molar-refractivity contribution in [2.24, 2.45) is 5.41 Å². The lowest BCUT2D eigenvalue weighted by Crippen LogP contribution is -2.22. The standard InChI is InChI=1S/C21H24N4O2S/c1-5-27-17-8-6-16(7-9-17)25-19(15-10-12-22-13-11-15)23-24-20(25)28-14-18(26)21(2,3)4/h6-13H,5,14H2,1-4H3. The molecule has 0 atom stereocenters. The molecular formula is C21H24N4O2S. The van der Waals surface area contributed by atoms with Gasteiger partial charge >= 0.3 is 0 Å². The number of pyridine rings is 1. The lowest BCUT2D eigenvalue weighted by atomic mass is 9.92. The number of hydrogen-bond acceptors (Lipinski definition) is 6. The van der Waals surface area contributed by atoms with Crippen molar-refractivity contribution in [1.82, 2.24) is 19.7 Å². The zero-order valence-electron chi connectivity index (χ0n) is 16.5. The van der Waals surface area contributed by atoms with Crippen LogP contribution in [-0.2, 0) is 4.79 Å². The van der Waals surface area contributed by atoms with E-state index >= 15 is 0 Å². The van der Waals surface area contributed by atoms with Crippen LogP contribution in [-0.4, -0.2) is 37.9 Å². The van der Waals surface area contributed by atoms with Crippen molar-refractivity contribution in [1.29, 1.82) is 0 Å². The summed E-state index contributed by atoms with van der Waals surface area (Å²) < 4.78 is 7.51. The number of thioether (sulfide) groups is 1. The first-order chi connectivity index (χ1) is 13.4. The highest BCUT2D eigenvalue weighted by Crippen LogP contribution is 2.30. The summed E-state index contributed by atoms with van der Waals surface area (Å²) in [6.45, 7) is 8.35. The Morgan fingerprint density at radius 3 is 2.36 bits per heavy atom. The summed E-state index contributed by atoms with van der Waals surface area (Å²) in [7, 11) is 0. The maximum atomic E-state index is 12.4. The Bertz CT molecular complexity index is 931. The Kier molecular flexibility index (Phi) is 6.14. The molecule has 0 aliphatic rings. The van der Waals surface area contributed by atoms with Crippen LogP contribution in [0, 0.1) is 5.41 Å². The van der Waals surface area contributed by atoms with Crippen molar-refractivity contribution in [2.45, 2.75) is 32.9 Å². The quantitative estimate of drug-likeness (QED) is 0.550. The number of rotatable bonds is 7. The molecule has 3 aromatic rings. The van der Waals surface area contributed by atoms with Crippen LogP contribution in [0.5, 0.6) is 5.75 Å². The van der Waals surface area contributed by atoms with Crippen LogP contribution in [0.2, 0.25) is 0 Å². The van der Waals surface area contributed by atoms with E-state index in [1.165, 1.54) is 11.8 Å². The molecule has 0 saturated carbocycles. The monoisotopic (exact) mass is 396 g/mol. The molecule has 1 aromatic carbocycles. The molecule has 2 heterocycles. The molecule has 0 aliphatic heterocycles. The third-order valence-corrected chi connectivity index (χ3v) is 5.08. The van der Waals surface area contributed by atoms with Crippen molar-refractivity contribution in [3.8, 4) is 22.8 Å². The largest absolute Gasteiger partial charge is 0.494 e. The first-order valence-corrected chi connectivity index (χ1v) is 10.1. The summed E-state index contributed by atoms with van der Waals surface area (Å²) in [6.07, 6.45) is 3.45. The maximum Gasteiger partial charge on any atom is 0.196 e. The molecule has 28 heavy (non-hydrogen) atoms. The second-order valence-electron chi connectivity index (χ2n) is 7.27. The first-order valence-electron chi connectivity index (χ1n) is 9.15. The molecule has 0 N–H and O–H groups in total. The van der Waals surface area contributed by atoms with Gasteiger partial charge in [-0.1, -0.05) is 32.5 Å². The van der Waals surface area contributed by atoms with Crippen LogP contribution in [0.1, 0.15) is 27.7 Å². The van der Waals surface area contributed by atoms with Crippen LogP contribution in [0.15, 0.2) is 53.9 Å². The fourth-order valence-corrected chi connectivity index (χ4v) is 3.60. The molecular weight excluding hydrogens is 372 g/mol. The van der Waals surface area contributed by atoms with E-state index in [4.69, 9.17) is 4.74 Å². The lowest BCUT2D eigenvalue weighted by Gasteiger charge is -2.16. The molecule has 3 rings (SSSR count). The molecule has 0 amide bonds. The van der Waals surface area contributed by atoms with Crippen LogP contribution in [0.3, 0.4) is 0 Å². The molecule has 0 spiro atoms. The number of aromatic nitrogens is 4. The van der Waals surface area contributed by atoms with Crippen molar-refractivity contribution in [2.75, 3.05) is 12.4 Å². The van der Waals surface area contributed by atoms with Crippen LogP contribution in [0.4, 0.5) is 0 Å². The van der Waals surface area contributed by atoms with E-state index in [1.807, 2.05) is 68.7 Å². The smallest absolute Gasteiger partial charge is 0.196 e. The number of benzene rings is 1. The summed E-state index contributed by atoms with van der Waals surface area (Å²) in [4.78, 5) is 16.5. The highest BCUT2D eigenvalue weighted by Gasteiger charge is 2.23. The van der Waals surface area contributed by atoms with Gasteiger partial charge in [0.25, 0.3) is 0 Å². The van der Waals surface area contributed by atoms with E-state index < -0.39 is 0 Å². The summed E-state index contributed by atoms with van der Waals surface area (Å²) in [6, 6.07) is 11.6. The van der Waals surface area contributed by atoms with Crippen LogP contribution in [0.25, 0.3) is 17.1 Å². The minimum atomic E-state index is -0.384. The predicted molar refractivity (Wildman–Crippen MR) is 111 cm³/mol. The molecule has 0 saturated heterocycles. The van der Waals surface area contributed by atoms with Gasteiger partial charge in [-0.3, -0.25) is 14.3 Å². The highest BCUT2D eigenvalue weighted by molar-refractivity contribution is 7.99. The molecule has 6 nitrogen and oxygen atoms in total. The number of ether oxygens (including phenoxy) is 1. The third-order valence-electron chi connectivity index (χ3n) is 4.15. The van der Waals surface area contributed by atoms with Gasteiger partial charge in [0, 0.05) is 29.1 Å². The Labute approximate surface area is 169 Å². The van der Waals surface area contributed by atoms with E-state index in [0.717, 1.165) is 17.0 Å². The van der Waals surface area contributed by atoms with Gasteiger partial charge in [-0.2, -0.15) is 0 Å². The lowest BCUT2D eigenvalue weighted by molar-refractivity contribution is -0.123. The number of ketones is 1. The topological polar surface area (TPSA) is 69.9 Å². The van der Waals surface area contributed by atoms with Crippen LogP contribution >= 0.6 is 11.8 Å². The Morgan fingerprint density at radius 2 is 1.75 bits per heavy atom.